The number of amides is 1. The zero-order valence-electron chi connectivity index (χ0n) is 10.4. The monoisotopic (exact) mass is 323 g/mol. The minimum Gasteiger partial charge on any atom is -0.326 e. The molecule has 0 spiro atoms. The van der Waals surface area contributed by atoms with E-state index in [1.807, 2.05) is 0 Å². The van der Waals surface area contributed by atoms with Gasteiger partial charge in [0, 0.05) is 22.8 Å². The molecule has 1 rings (SSSR count). The molecule has 4 nitrogen and oxygen atoms in total. The summed E-state index contributed by atoms with van der Waals surface area (Å²) < 4.78 is 22.3. The molecule has 1 aromatic rings. The molecule has 0 aromatic heterocycles. The van der Waals surface area contributed by atoms with Crippen molar-refractivity contribution in [1.82, 2.24) is 0 Å². The maximum absolute atomic E-state index is 11.6. The van der Waals surface area contributed by atoms with E-state index in [2.05, 4.69) is 12.2 Å². The molecule has 0 fully saturated rings. The second-order valence-electron chi connectivity index (χ2n) is 4.09. The van der Waals surface area contributed by atoms with Crippen molar-refractivity contribution >= 4 is 42.9 Å². The molecule has 0 bridgehead atoms. The molecule has 0 saturated carbocycles. The van der Waals surface area contributed by atoms with E-state index in [0.29, 0.717) is 12.1 Å². The largest absolute Gasteiger partial charge is 0.326 e. The van der Waals surface area contributed by atoms with Gasteiger partial charge in [0.1, 0.15) is 4.90 Å². The molecule has 106 valence electrons. The highest BCUT2D eigenvalue weighted by Gasteiger charge is 2.15. The van der Waals surface area contributed by atoms with Gasteiger partial charge in [0.2, 0.25) is 5.91 Å². The SMILES string of the molecule is CCCCCC(=O)Nc1ccc(S(=O)(=O)Cl)c(Cl)c1. The summed E-state index contributed by atoms with van der Waals surface area (Å²) in [5.74, 6) is -0.119. The third-order valence-corrected chi connectivity index (χ3v) is 4.29. The third-order valence-electron chi connectivity index (χ3n) is 2.49. The molecule has 7 heteroatoms. The topological polar surface area (TPSA) is 63.2 Å². The Bertz CT molecular complexity index is 558. The number of nitrogens with one attached hydrogen (secondary N) is 1. The van der Waals surface area contributed by atoms with Crippen molar-refractivity contribution in [3.63, 3.8) is 0 Å². The van der Waals surface area contributed by atoms with Crippen LogP contribution in [0.3, 0.4) is 0 Å². The Morgan fingerprint density at radius 3 is 2.53 bits per heavy atom. The lowest BCUT2D eigenvalue weighted by atomic mass is 10.2. The molecular formula is C12H15Cl2NO3S. The van der Waals surface area contributed by atoms with Crippen molar-refractivity contribution in [1.29, 1.82) is 0 Å². The molecule has 0 unspecified atom stereocenters. The van der Waals surface area contributed by atoms with Crippen molar-refractivity contribution in [2.75, 3.05) is 5.32 Å². The third kappa shape index (κ3) is 5.38. The molecule has 0 aliphatic heterocycles. The number of hydrogen-bond acceptors (Lipinski definition) is 3. The van der Waals surface area contributed by atoms with Crippen LogP contribution < -0.4 is 5.32 Å². The van der Waals surface area contributed by atoms with Gasteiger partial charge in [-0.1, -0.05) is 31.4 Å². The van der Waals surface area contributed by atoms with Crippen LogP contribution in [-0.4, -0.2) is 14.3 Å². The highest BCUT2D eigenvalue weighted by molar-refractivity contribution is 8.13. The van der Waals surface area contributed by atoms with Crippen LogP contribution in [0.1, 0.15) is 32.6 Å². The molecular weight excluding hydrogens is 309 g/mol. The highest BCUT2D eigenvalue weighted by atomic mass is 35.7. The van der Waals surface area contributed by atoms with Gasteiger partial charge in [0.05, 0.1) is 5.02 Å². The van der Waals surface area contributed by atoms with Gasteiger partial charge in [-0.2, -0.15) is 0 Å². The molecule has 0 atom stereocenters. The number of unbranched alkanes of at least 4 members (excludes halogenated alkanes) is 2. The molecule has 0 radical (unpaired) electrons. The van der Waals surface area contributed by atoms with Gasteiger partial charge in [0.15, 0.2) is 0 Å². The van der Waals surface area contributed by atoms with Crippen LogP contribution in [0.2, 0.25) is 5.02 Å². The Labute approximate surface area is 122 Å². The lowest BCUT2D eigenvalue weighted by Crippen LogP contribution is -2.11. The summed E-state index contributed by atoms with van der Waals surface area (Å²) in [5, 5.41) is 2.65. The first-order valence-corrected chi connectivity index (χ1v) is 8.57. The summed E-state index contributed by atoms with van der Waals surface area (Å²) in [6, 6.07) is 4.10. The molecule has 1 amide bonds. The van der Waals surface area contributed by atoms with Crippen LogP contribution in [0.15, 0.2) is 23.1 Å². The first-order valence-electron chi connectivity index (χ1n) is 5.88. The first-order chi connectivity index (χ1) is 8.84. The first kappa shape index (κ1) is 16.3. The average Bonchev–Trinajstić information content (AvgIpc) is 2.27. The van der Waals surface area contributed by atoms with E-state index in [0.717, 1.165) is 19.3 Å². The van der Waals surface area contributed by atoms with Crippen LogP contribution in [0.5, 0.6) is 0 Å². The van der Waals surface area contributed by atoms with E-state index in [4.69, 9.17) is 22.3 Å². The number of benzene rings is 1. The van der Waals surface area contributed by atoms with Gasteiger partial charge in [-0.15, -0.1) is 0 Å². The predicted molar refractivity (Wildman–Crippen MR) is 77.3 cm³/mol. The average molecular weight is 324 g/mol. The number of carbonyl (C=O) groups is 1. The van der Waals surface area contributed by atoms with E-state index >= 15 is 0 Å². The fourth-order valence-electron chi connectivity index (χ4n) is 1.54. The van der Waals surface area contributed by atoms with Crippen molar-refractivity contribution in [2.45, 2.75) is 37.5 Å². The molecule has 19 heavy (non-hydrogen) atoms. The van der Waals surface area contributed by atoms with E-state index < -0.39 is 9.05 Å². The summed E-state index contributed by atoms with van der Waals surface area (Å²) in [7, 11) is 1.34. The zero-order valence-corrected chi connectivity index (χ0v) is 12.8. The standard InChI is InChI=1S/C12H15Cl2NO3S/c1-2-3-4-5-12(16)15-9-6-7-11(10(13)8-9)19(14,17)18/h6-8H,2-5H2,1H3,(H,15,16). The van der Waals surface area contributed by atoms with Gasteiger partial charge in [-0.3, -0.25) is 4.79 Å². The van der Waals surface area contributed by atoms with E-state index in [-0.39, 0.29) is 15.8 Å². The van der Waals surface area contributed by atoms with Gasteiger partial charge < -0.3 is 5.32 Å². The smallest absolute Gasteiger partial charge is 0.262 e. The molecule has 0 aliphatic rings. The van der Waals surface area contributed by atoms with Gasteiger partial charge in [-0.25, -0.2) is 8.42 Å². The van der Waals surface area contributed by atoms with Crippen molar-refractivity contribution < 1.29 is 13.2 Å². The molecule has 0 aliphatic carbocycles. The number of rotatable bonds is 6. The van der Waals surface area contributed by atoms with Gasteiger partial charge in [-0.05, 0) is 24.6 Å². The van der Waals surface area contributed by atoms with E-state index in [9.17, 15) is 13.2 Å². The lowest BCUT2D eigenvalue weighted by molar-refractivity contribution is -0.116. The Morgan fingerprint density at radius 2 is 2.00 bits per heavy atom. The number of carbonyl (C=O) groups excluding carboxylic acids is 1. The normalized spacial score (nSPS) is 11.3. The van der Waals surface area contributed by atoms with Crippen molar-refractivity contribution in [3.8, 4) is 0 Å². The number of hydrogen-bond donors (Lipinski definition) is 1. The van der Waals surface area contributed by atoms with E-state index in [1.54, 1.807) is 0 Å². The molecule has 1 N–H and O–H groups in total. The summed E-state index contributed by atoms with van der Waals surface area (Å²) in [6.07, 6.45) is 3.30. The second-order valence-corrected chi connectivity index (χ2v) is 7.03. The Morgan fingerprint density at radius 1 is 1.32 bits per heavy atom. The van der Waals surface area contributed by atoms with Crippen LogP contribution >= 0.6 is 22.3 Å². The summed E-state index contributed by atoms with van der Waals surface area (Å²) in [4.78, 5) is 11.4. The Hall–Kier alpha value is -0.780. The fraction of sp³-hybridized carbons (Fsp3) is 0.417. The predicted octanol–water partition coefficient (Wildman–Crippen LogP) is 3.79. The molecule has 0 heterocycles. The molecule has 1 aromatic carbocycles. The van der Waals surface area contributed by atoms with Crippen LogP contribution in [0.25, 0.3) is 0 Å². The fourth-order valence-corrected chi connectivity index (χ4v) is 3.07. The van der Waals surface area contributed by atoms with Gasteiger partial charge >= 0.3 is 0 Å². The lowest BCUT2D eigenvalue weighted by Gasteiger charge is -2.07. The Kier molecular flexibility index (Phi) is 6.10. The quantitative estimate of drug-likeness (QED) is 0.640. The van der Waals surface area contributed by atoms with Gasteiger partial charge in [0.25, 0.3) is 9.05 Å². The van der Waals surface area contributed by atoms with Crippen LogP contribution in [0.4, 0.5) is 5.69 Å². The van der Waals surface area contributed by atoms with Crippen molar-refractivity contribution in [2.24, 2.45) is 0 Å². The minimum absolute atomic E-state index is 0.0126. The van der Waals surface area contributed by atoms with E-state index in [1.165, 1.54) is 18.2 Å². The highest BCUT2D eigenvalue weighted by Crippen LogP contribution is 2.27. The van der Waals surface area contributed by atoms with Crippen molar-refractivity contribution in [3.05, 3.63) is 23.2 Å². The summed E-state index contributed by atoms with van der Waals surface area (Å²) >= 11 is 5.81. The number of halogens is 2. The summed E-state index contributed by atoms with van der Waals surface area (Å²) in [6.45, 7) is 2.06. The Balaban J connectivity index is 2.72. The zero-order chi connectivity index (χ0) is 14.5. The molecule has 0 saturated heterocycles. The number of anilines is 1. The minimum atomic E-state index is -3.87. The van der Waals surface area contributed by atoms with Crippen LogP contribution in [-0.2, 0) is 13.8 Å². The summed E-state index contributed by atoms with van der Waals surface area (Å²) in [5.41, 5.74) is 0.454. The maximum atomic E-state index is 11.6. The second kappa shape index (κ2) is 7.12. The van der Waals surface area contributed by atoms with Crippen LogP contribution in [0, 0.1) is 0 Å². The maximum Gasteiger partial charge on any atom is 0.262 e.